The number of anilines is 1. The van der Waals surface area contributed by atoms with Crippen LogP contribution in [0.25, 0.3) is 5.65 Å². The second-order valence-corrected chi connectivity index (χ2v) is 7.55. The molecule has 0 saturated carbocycles. The molecule has 0 bridgehead atoms. The van der Waals surface area contributed by atoms with Crippen molar-refractivity contribution in [2.24, 2.45) is 0 Å². The van der Waals surface area contributed by atoms with Crippen LogP contribution in [-0.2, 0) is 11.4 Å². The monoisotopic (exact) mass is 453 g/mol. The van der Waals surface area contributed by atoms with Crippen LogP contribution in [0.15, 0.2) is 63.9 Å². The molecule has 0 aliphatic heterocycles. The molecule has 2 aromatic heterocycles. The van der Waals surface area contributed by atoms with Crippen molar-refractivity contribution < 1.29 is 18.8 Å². The summed E-state index contributed by atoms with van der Waals surface area (Å²) in [6.45, 7) is 3.47. The van der Waals surface area contributed by atoms with Gasteiger partial charge in [0.25, 0.3) is 11.5 Å². The Morgan fingerprint density at radius 3 is 2.72 bits per heavy atom. The highest BCUT2D eigenvalue weighted by atomic mass is 35.5. The summed E-state index contributed by atoms with van der Waals surface area (Å²) in [6.07, 6.45) is 0. The lowest BCUT2D eigenvalue weighted by molar-refractivity contribution is -0.118. The maximum absolute atomic E-state index is 12.4. The Balaban J connectivity index is 1.45. The molecule has 0 aliphatic carbocycles. The average molecular weight is 454 g/mol. The van der Waals surface area contributed by atoms with E-state index in [2.05, 4.69) is 10.3 Å². The number of fused-ring (bicyclic) bond motifs is 1. The second-order valence-electron chi connectivity index (χ2n) is 7.12. The van der Waals surface area contributed by atoms with E-state index in [0.29, 0.717) is 39.3 Å². The highest BCUT2D eigenvalue weighted by molar-refractivity contribution is 6.31. The average Bonchev–Trinajstić information content (AvgIpc) is 3.13. The van der Waals surface area contributed by atoms with Crippen LogP contribution in [-0.4, -0.2) is 22.1 Å². The molecule has 0 saturated heterocycles. The molecule has 0 fully saturated rings. The zero-order chi connectivity index (χ0) is 22.7. The second kappa shape index (κ2) is 9.15. The molecular weight excluding hydrogens is 434 g/mol. The Labute approximate surface area is 188 Å². The molecule has 9 heteroatoms. The third kappa shape index (κ3) is 4.92. The fourth-order valence-corrected chi connectivity index (χ4v) is 3.25. The van der Waals surface area contributed by atoms with E-state index in [1.807, 2.05) is 25.1 Å². The number of carbonyl (C=O) groups excluding carboxylic acids is 1. The van der Waals surface area contributed by atoms with Crippen LogP contribution in [0.1, 0.15) is 17.0 Å². The number of carbonyl (C=O) groups is 1. The molecular formula is C23H20ClN3O5. The molecule has 4 aromatic rings. The summed E-state index contributed by atoms with van der Waals surface area (Å²) in [7, 11) is 0. The van der Waals surface area contributed by atoms with Gasteiger partial charge in [-0.3, -0.25) is 9.59 Å². The van der Waals surface area contributed by atoms with Crippen molar-refractivity contribution in [3.8, 4) is 11.5 Å². The van der Waals surface area contributed by atoms with Gasteiger partial charge in [0.1, 0.15) is 23.9 Å². The number of aryl methyl sites for hydroxylation is 2. The van der Waals surface area contributed by atoms with Gasteiger partial charge < -0.3 is 19.3 Å². The number of aromatic nitrogens is 2. The van der Waals surface area contributed by atoms with Gasteiger partial charge in [-0.1, -0.05) is 29.8 Å². The molecule has 4 rings (SSSR count). The van der Waals surface area contributed by atoms with E-state index in [9.17, 15) is 9.59 Å². The minimum Gasteiger partial charge on any atom is -0.485 e. The minimum absolute atomic E-state index is 0.0141. The SMILES string of the molecule is Cc1cc2nc(COc3ccc(Cl)cc3NC(=O)COc3ccccc3C)cc(=O)n2o1. The first-order valence-electron chi connectivity index (χ1n) is 9.79. The van der Waals surface area contributed by atoms with Gasteiger partial charge in [-0.2, -0.15) is 0 Å². The Hall–Kier alpha value is -3.78. The van der Waals surface area contributed by atoms with E-state index < -0.39 is 0 Å². The van der Waals surface area contributed by atoms with Crippen LogP contribution in [0.3, 0.4) is 0 Å². The summed E-state index contributed by atoms with van der Waals surface area (Å²) in [5, 5.41) is 3.18. The summed E-state index contributed by atoms with van der Waals surface area (Å²) in [4.78, 5) is 29.0. The standard InChI is InChI=1S/C23H20ClN3O5/c1-14-5-3-4-6-19(14)31-13-22(28)26-18-10-16(24)7-8-20(18)30-12-17-11-23(29)27-21(25-17)9-15(2)32-27/h3-11H,12-13H2,1-2H3,(H,26,28). The van der Waals surface area contributed by atoms with Gasteiger partial charge in [0.15, 0.2) is 12.3 Å². The summed E-state index contributed by atoms with van der Waals surface area (Å²) in [5.74, 6) is 1.21. The lowest BCUT2D eigenvalue weighted by Gasteiger charge is -2.14. The molecule has 1 amide bonds. The number of benzene rings is 2. The number of amides is 1. The molecule has 32 heavy (non-hydrogen) atoms. The van der Waals surface area contributed by atoms with Crippen LogP contribution >= 0.6 is 11.6 Å². The molecule has 0 atom stereocenters. The van der Waals surface area contributed by atoms with E-state index in [1.54, 1.807) is 37.3 Å². The van der Waals surface area contributed by atoms with Crippen molar-refractivity contribution >= 4 is 28.8 Å². The largest absolute Gasteiger partial charge is 0.485 e. The topological polar surface area (TPSA) is 95.1 Å². The first-order chi connectivity index (χ1) is 15.4. The molecule has 2 aromatic carbocycles. The molecule has 2 heterocycles. The van der Waals surface area contributed by atoms with Crippen LogP contribution < -0.4 is 20.3 Å². The first-order valence-corrected chi connectivity index (χ1v) is 10.2. The lowest BCUT2D eigenvalue weighted by Crippen LogP contribution is -2.21. The maximum Gasteiger partial charge on any atom is 0.287 e. The van der Waals surface area contributed by atoms with Crippen molar-refractivity contribution in [2.45, 2.75) is 20.5 Å². The van der Waals surface area contributed by atoms with Gasteiger partial charge in [-0.25, -0.2) is 4.98 Å². The number of halogens is 1. The Kier molecular flexibility index (Phi) is 6.13. The summed E-state index contributed by atoms with van der Waals surface area (Å²) in [5.41, 5.74) is 1.78. The van der Waals surface area contributed by atoms with Crippen molar-refractivity contribution in [3.63, 3.8) is 0 Å². The number of rotatable bonds is 7. The summed E-state index contributed by atoms with van der Waals surface area (Å²) < 4.78 is 17.8. The van der Waals surface area contributed by atoms with E-state index in [-0.39, 0.29) is 24.7 Å². The van der Waals surface area contributed by atoms with Crippen LogP contribution in [0.4, 0.5) is 5.69 Å². The predicted octanol–water partition coefficient (Wildman–Crippen LogP) is 4.15. The van der Waals surface area contributed by atoms with Crippen molar-refractivity contribution in [3.05, 3.63) is 87.0 Å². The van der Waals surface area contributed by atoms with E-state index >= 15 is 0 Å². The van der Waals surface area contributed by atoms with Gasteiger partial charge in [-0.15, -0.1) is 4.57 Å². The van der Waals surface area contributed by atoms with Gasteiger partial charge in [0, 0.05) is 17.2 Å². The van der Waals surface area contributed by atoms with Gasteiger partial charge in [0.2, 0.25) is 0 Å². The van der Waals surface area contributed by atoms with Crippen molar-refractivity contribution in [2.75, 3.05) is 11.9 Å². The highest BCUT2D eigenvalue weighted by Gasteiger charge is 2.12. The number of hydrogen-bond donors (Lipinski definition) is 1. The highest BCUT2D eigenvalue weighted by Crippen LogP contribution is 2.29. The van der Waals surface area contributed by atoms with E-state index in [4.69, 9.17) is 25.6 Å². The summed E-state index contributed by atoms with van der Waals surface area (Å²) in [6, 6.07) is 15.3. The Morgan fingerprint density at radius 1 is 1.09 bits per heavy atom. The van der Waals surface area contributed by atoms with Gasteiger partial charge >= 0.3 is 0 Å². The molecule has 0 radical (unpaired) electrons. The number of hydrogen-bond acceptors (Lipinski definition) is 6. The summed E-state index contributed by atoms with van der Waals surface area (Å²) >= 11 is 6.09. The van der Waals surface area contributed by atoms with Crippen LogP contribution in [0.5, 0.6) is 11.5 Å². The minimum atomic E-state index is -0.368. The fourth-order valence-electron chi connectivity index (χ4n) is 3.07. The molecule has 8 nitrogen and oxygen atoms in total. The van der Waals surface area contributed by atoms with E-state index in [0.717, 1.165) is 10.1 Å². The number of nitrogens with zero attached hydrogens (tertiary/aromatic N) is 2. The van der Waals surface area contributed by atoms with E-state index in [1.165, 1.54) is 6.07 Å². The Bertz CT molecular complexity index is 1350. The predicted molar refractivity (Wildman–Crippen MR) is 120 cm³/mol. The smallest absolute Gasteiger partial charge is 0.287 e. The third-order valence-corrected chi connectivity index (χ3v) is 4.80. The van der Waals surface area contributed by atoms with Crippen LogP contribution in [0, 0.1) is 13.8 Å². The molecule has 0 unspecified atom stereocenters. The van der Waals surface area contributed by atoms with Crippen LogP contribution in [0.2, 0.25) is 5.02 Å². The maximum atomic E-state index is 12.4. The van der Waals surface area contributed by atoms with Crippen molar-refractivity contribution in [1.29, 1.82) is 0 Å². The zero-order valence-electron chi connectivity index (χ0n) is 17.4. The normalized spacial score (nSPS) is 10.8. The molecule has 1 N–H and O–H groups in total. The fraction of sp³-hybridized carbons (Fsp3) is 0.174. The third-order valence-electron chi connectivity index (χ3n) is 4.57. The number of para-hydroxylation sites is 1. The van der Waals surface area contributed by atoms with Crippen molar-refractivity contribution in [1.82, 2.24) is 9.56 Å². The first kappa shape index (κ1) is 21.5. The zero-order valence-corrected chi connectivity index (χ0v) is 18.2. The quantitative estimate of drug-likeness (QED) is 0.451. The molecule has 0 aliphatic rings. The molecule has 164 valence electrons. The Morgan fingerprint density at radius 2 is 1.91 bits per heavy atom. The lowest BCUT2D eigenvalue weighted by atomic mass is 10.2. The molecule has 0 spiro atoms. The number of ether oxygens (including phenoxy) is 2. The number of nitrogens with one attached hydrogen (secondary N) is 1. The van der Waals surface area contributed by atoms with Gasteiger partial charge in [-0.05, 0) is 43.7 Å². The van der Waals surface area contributed by atoms with Gasteiger partial charge in [0.05, 0.1) is 11.4 Å².